The molecule has 206 valence electrons. The number of hydrogen-bond acceptors (Lipinski definition) is 7. The Hall–Kier alpha value is -4.35. The normalized spacial score (nSPS) is 11.1. The highest BCUT2D eigenvalue weighted by Crippen LogP contribution is 2.59. The van der Waals surface area contributed by atoms with Crippen molar-refractivity contribution >= 4 is 18.2 Å². The molecule has 0 atom stereocenters. The molecule has 0 radical (unpaired) electrons. The molecule has 0 N–H and O–H groups in total. The molecule has 0 unspecified atom stereocenters. The molecule has 0 aromatic heterocycles. The van der Waals surface area contributed by atoms with Crippen LogP contribution in [0.1, 0.15) is 37.8 Å². The summed E-state index contributed by atoms with van der Waals surface area (Å²) < 4.78 is 37.2. The molecule has 0 amide bonds. The maximum Gasteiger partial charge on any atom is 0.236 e. The average molecular weight is 559 g/mol. The van der Waals surface area contributed by atoms with Crippen LogP contribution in [0.3, 0.4) is 0 Å². The van der Waals surface area contributed by atoms with Gasteiger partial charge in [0.25, 0.3) is 0 Å². The van der Waals surface area contributed by atoms with E-state index in [2.05, 4.69) is 0 Å². The summed E-state index contributed by atoms with van der Waals surface area (Å²) in [5, 5.41) is 0. The van der Waals surface area contributed by atoms with E-state index in [4.69, 9.17) is 18.9 Å². The summed E-state index contributed by atoms with van der Waals surface area (Å²) in [6.45, 7) is 0. The van der Waals surface area contributed by atoms with E-state index in [9.17, 15) is 9.59 Å². The third-order valence-corrected chi connectivity index (χ3v) is 9.42. The van der Waals surface area contributed by atoms with Crippen LogP contribution in [-0.2, 0) is 4.57 Å². The number of hydrogen-bond donors (Lipinski definition) is 0. The maximum atomic E-state index is 15.3. The van der Waals surface area contributed by atoms with Crippen molar-refractivity contribution in [3.8, 4) is 23.0 Å². The van der Waals surface area contributed by atoms with Gasteiger partial charge in [0.2, 0.25) is 18.2 Å². The lowest BCUT2D eigenvalue weighted by Gasteiger charge is -2.25. The minimum Gasteiger partial charge on any atom is -0.496 e. The van der Waals surface area contributed by atoms with Crippen molar-refractivity contribution in [2.75, 3.05) is 34.6 Å². The van der Waals surface area contributed by atoms with E-state index >= 15 is 4.57 Å². The van der Waals surface area contributed by atoms with E-state index in [1.54, 1.807) is 36.4 Å². The summed E-state index contributed by atoms with van der Waals surface area (Å²) in [6.07, 6.45) is -0.277. The zero-order chi connectivity index (χ0) is 28.7. The van der Waals surface area contributed by atoms with Gasteiger partial charge in [-0.15, -0.1) is 0 Å². The Kier molecular flexibility index (Phi) is 9.08. The van der Waals surface area contributed by atoms with Crippen LogP contribution in [-0.4, -0.2) is 45.6 Å². The van der Waals surface area contributed by atoms with Gasteiger partial charge in [-0.1, -0.05) is 72.8 Å². The smallest absolute Gasteiger partial charge is 0.236 e. The zero-order valence-corrected chi connectivity index (χ0v) is 23.7. The SMILES string of the molecule is COc1cccc(OC)c1C(=O)P(=O)(CC(c1ccccc1)c1ccccc1)C(=O)c1c(OC)cccc1OC. The van der Waals surface area contributed by atoms with Crippen molar-refractivity contribution in [1.82, 2.24) is 0 Å². The molecule has 4 aromatic carbocycles. The monoisotopic (exact) mass is 558 g/mol. The molecule has 8 heteroatoms. The number of carbonyl (C=O) groups is 2. The molecule has 0 heterocycles. The first-order chi connectivity index (χ1) is 19.4. The molecule has 0 saturated carbocycles. The van der Waals surface area contributed by atoms with Gasteiger partial charge < -0.3 is 23.5 Å². The fourth-order valence-electron chi connectivity index (χ4n) is 4.77. The summed E-state index contributed by atoms with van der Waals surface area (Å²) in [7, 11) is 1.11. The Morgan fingerprint density at radius 2 is 0.875 bits per heavy atom. The lowest BCUT2D eigenvalue weighted by Crippen LogP contribution is -2.20. The lowest BCUT2D eigenvalue weighted by molar-refractivity contribution is 0.103. The first-order valence-electron chi connectivity index (χ1n) is 12.6. The molecular weight excluding hydrogens is 527 g/mol. The highest BCUT2D eigenvalue weighted by Gasteiger charge is 2.47. The Balaban J connectivity index is 1.99. The number of ether oxygens (including phenoxy) is 4. The van der Waals surface area contributed by atoms with E-state index in [0.717, 1.165) is 11.1 Å². The minimum atomic E-state index is -4.49. The molecule has 7 nitrogen and oxygen atoms in total. The number of carbonyl (C=O) groups excluding carboxylic acids is 2. The highest BCUT2D eigenvalue weighted by atomic mass is 31.2. The molecule has 0 spiro atoms. The molecule has 0 bridgehead atoms. The van der Waals surface area contributed by atoms with Crippen LogP contribution in [0, 0.1) is 0 Å². The number of rotatable bonds is 12. The van der Waals surface area contributed by atoms with Crippen molar-refractivity contribution in [2.45, 2.75) is 5.92 Å². The third kappa shape index (κ3) is 5.51. The Bertz CT molecular complexity index is 1380. The lowest BCUT2D eigenvalue weighted by atomic mass is 9.93. The summed E-state index contributed by atoms with van der Waals surface area (Å²) in [6, 6.07) is 28.4. The average Bonchev–Trinajstić information content (AvgIpc) is 3.02. The van der Waals surface area contributed by atoms with Gasteiger partial charge in [0.05, 0.1) is 28.4 Å². The Morgan fingerprint density at radius 1 is 0.550 bits per heavy atom. The van der Waals surface area contributed by atoms with Crippen LogP contribution in [0.2, 0.25) is 0 Å². The van der Waals surface area contributed by atoms with Gasteiger partial charge in [0.1, 0.15) is 34.1 Å². The summed E-state index contributed by atoms with van der Waals surface area (Å²) >= 11 is 0. The predicted molar refractivity (Wildman–Crippen MR) is 155 cm³/mol. The van der Waals surface area contributed by atoms with Crippen molar-refractivity contribution < 1.29 is 33.1 Å². The Morgan fingerprint density at radius 3 is 1.18 bits per heavy atom. The van der Waals surface area contributed by atoms with Gasteiger partial charge in [-0.3, -0.25) is 9.59 Å². The molecule has 0 aliphatic rings. The summed E-state index contributed by atoms with van der Waals surface area (Å²) in [5.41, 5.74) is -0.217. The van der Waals surface area contributed by atoms with Crippen LogP contribution in [0.4, 0.5) is 0 Å². The standard InChI is InChI=1S/C32H31O7P/c1-36-25-17-11-18-26(37-2)29(25)31(33)40(35,32(34)30-27(38-3)19-12-20-28(30)39-4)21-24(22-13-7-5-8-14-22)23-15-9-6-10-16-23/h5-20,24H,21H2,1-4H3. The van der Waals surface area contributed by atoms with Gasteiger partial charge in [-0.25, -0.2) is 0 Å². The largest absolute Gasteiger partial charge is 0.496 e. The van der Waals surface area contributed by atoms with Crippen LogP contribution < -0.4 is 18.9 Å². The van der Waals surface area contributed by atoms with Gasteiger partial charge >= 0.3 is 0 Å². The molecule has 4 aromatic rings. The Labute approximate surface area is 234 Å². The van der Waals surface area contributed by atoms with Crippen LogP contribution >= 0.6 is 7.14 Å². The predicted octanol–water partition coefficient (Wildman–Crippen LogP) is 6.90. The molecule has 40 heavy (non-hydrogen) atoms. The van der Waals surface area contributed by atoms with Gasteiger partial charge in [-0.05, 0) is 35.4 Å². The van der Waals surface area contributed by atoms with E-state index in [-0.39, 0.29) is 40.3 Å². The third-order valence-electron chi connectivity index (χ3n) is 6.78. The number of methoxy groups -OCH3 is 4. The van der Waals surface area contributed by atoms with Crippen molar-refractivity contribution in [3.05, 3.63) is 119 Å². The highest BCUT2D eigenvalue weighted by molar-refractivity contribution is 7.95. The molecule has 0 aliphatic carbocycles. The zero-order valence-electron chi connectivity index (χ0n) is 22.8. The van der Waals surface area contributed by atoms with E-state index in [0.29, 0.717) is 0 Å². The quantitative estimate of drug-likeness (QED) is 0.175. The summed E-state index contributed by atoms with van der Waals surface area (Å²) in [4.78, 5) is 29.0. The van der Waals surface area contributed by atoms with Crippen LogP contribution in [0.15, 0.2) is 97.1 Å². The van der Waals surface area contributed by atoms with Crippen molar-refractivity contribution in [1.29, 1.82) is 0 Å². The van der Waals surface area contributed by atoms with E-state index in [1.165, 1.54) is 28.4 Å². The minimum absolute atomic E-state index is 0.0575. The van der Waals surface area contributed by atoms with E-state index in [1.807, 2.05) is 60.7 Å². The molecule has 0 saturated heterocycles. The number of benzene rings is 4. The van der Waals surface area contributed by atoms with Gasteiger partial charge in [-0.2, -0.15) is 0 Å². The maximum absolute atomic E-state index is 15.3. The molecule has 0 aliphatic heterocycles. The second kappa shape index (κ2) is 12.7. The van der Waals surface area contributed by atoms with Gasteiger partial charge in [0, 0.05) is 12.1 Å². The first kappa shape index (κ1) is 28.7. The first-order valence-corrected chi connectivity index (χ1v) is 14.5. The van der Waals surface area contributed by atoms with E-state index < -0.39 is 24.1 Å². The molecular formula is C32H31O7P. The summed E-state index contributed by atoms with van der Waals surface area (Å²) in [5.74, 6) is 0.0730. The topological polar surface area (TPSA) is 88.1 Å². The second-order valence-electron chi connectivity index (χ2n) is 8.98. The van der Waals surface area contributed by atoms with Crippen molar-refractivity contribution in [3.63, 3.8) is 0 Å². The molecule has 4 rings (SSSR count). The van der Waals surface area contributed by atoms with Crippen molar-refractivity contribution in [2.24, 2.45) is 0 Å². The van der Waals surface area contributed by atoms with Gasteiger partial charge in [0.15, 0.2) is 0 Å². The fourth-order valence-corrected chi connectivity index (χ4v) is 7.39. The van der Waals surface area contributed by atoms with Crippen LogP contribution in [0.5, 0.6) is 23.0 Å². The fraction of sp³-hybridized carbons (Fsp3) is 0.188. The van der Waals surface area contributed by atoms with Crippen LogP contribution in [0.25, 0.3) is 0 Å². The second-order valence-corrected chi connectivity index (χ2v) is 11.6. The molecule has 0 fully saturated rings.